The van der Waals surface area contributed by atoms with Crippen molar-refractivity contribution in [2.24, 2.45) is 0 Å². The maximum atomic E-state index is 12.5. The van der Waals surface area contributed by atoms with Gasteiger partial charge >= 0.3 is 11.9 Å². The molecule has 3 rings (SSSR count). The number of esters is 2. The summed E-state index contributed by atoms with van der Waals surface area (Å²) in [5.41, 5.74) is 3.73. The third kappa shape index (κ3) is 7.05. The summed E-state index contributed by atoms with van der Waals surface area (Å²) < 4.78 is 11.0. The van der Waals surface area contributed by atoms with Crippen LogP contribution in [0.1, 0.15) is 43.8 Å². The van der Waals surface area contributed by atoms with Gasteiger partial charge in [0.15, 0.2) is 0 Å². The molecule has 3 aromatic rings. The van der Waals surface area contributed by atoms with E-state index in [0.29, 0.717) is 34.8 Å². The predicted molar refractivity (Wildman–Crippen MR) is 124 cm³/mol. The lowest BCUT2D eigenvalue weighted by Crippen LogP contribution is -2.10. The van der Waals surface area contributed by atoms with Crippen LogP contribution < -0.4 is 9.47 Å². The maximum Gasteiger partial charge on any atom is 0.343 e. The van der Waals surface area contributed by atoms with Crippen LogP contribution in [0.25, 0.3) is 0 Å². The lowest BCUT2D eigenvalue weighted by molar-refractivity contribution is -0.248. The van der Waals surface area contributed by atoms with E-state index in [1.165, 1.54) is 6.26 Å². The molecule has 0 unspecified atom stereocenters. The first kappa shape index (κ1) is 23.8. The van der Waals surface area contributed by atoms with Crippen molar-refractivity contribution in [3.05, 3.63) is 107 Å². The van der Waals surface area contributed by atoms with Crippen LogP contribution in [0.15, 0.2) is 79.6 Å². The summed E-state index contributed by atoms with van der Waals surface area (Å²) in [6.45, 7) is 7.58. The van der Waals surface area contributed by atoms with E-state index in [1.807, 2.05) is 31.2 Å². The second-order valence-electron chi connectivity index (χ2n) is 7.46. The van der Waals surface area contributed by atoms with Gasteiger partial charge in [-0.2, -0.15) is 4.89 Å². The maximum absolute atomic E-state index is 12.5. The first-order chi connectivity index (χ1) is 16.0. The Kier molecular flexibility index (Phi) is 8.38. The van der Waals surface area contributed by atoms with Crippen LogP contribution >= 0.6 is 0 Å². The van der Waals surface area contributed by atoms with Crippen LogP contribution in [0.2, 0.25) is 0 Å². The molecule has 0 fully saturated rings. The predicted octanol–water partition coefficient (Wildman–Crippen LogP) is 5.77. The standard InChI is InChI=1S/C27H26O6/c1-4-30-31-17-5-6-21-9-13-23(14-10-21)26(28)32-24-15-16-25(20(3)18-24)33-27(29)22-11-7-19(2)8-12-22/h4,7-16,18H,1,5-6,17H2,2-3H3. The Morgan fingerprint density at radius 2 is 1.48 bits per heavy atom. The highest BCUT2D eigenvalue weighted by Crippen LogP contribution is 2.25. The Labute approximate surface area is 193 Å². The van der Waals surface area contributed by atoms with Gasteiger partial charge in [0, 0.05) is 0 Å². The van der Waals surface area contributed by atoms with Gasteiger partial charge in [-0.05, 0) is 80.3 Å². The number of hydrogen-bond donors (Lipinski definition) is 0. The van der Waals surface area contributed by atoms with Crippen molar-refractivity contribution >= 4 is 11.9 Å². The summed E-state index contributed by atoms with van der Waals surface area (Å²) in [5, 5.41) is 0. The molecular weight excluding hydrogens is 420 g/mol. The molecule has 0 spiro atoms. The molecule has 0 atom stereocenters. The van der Waals surface area contributed by atoms with Crippen molar-refractivity contribution in [3.63, 3.8) is 0 Å². The Balaban J connectivity index is 1.55. The topological polar surface area (TPSA) is 71.1 Å². The van der Waals surface area contributed by atoms with E-state index in [9.17, 15) is 9.59 Å². The summed E-state index contributed by atoms with van der Waals surface area (Å²) in [5.74, 6) is -0.126. The molecule has 0 aliphatic carbocycles. The number of carbonyl (C=O) groups excluding carboxylic acids is 2. The lowest BCUT2D eigenvalue weighted by atomic mass is 10.1. The minimum atomic E-state index is -0.465. The largest absolute Gasteiger partial charge is 0.423 e. The fraction of sp³-hybridized carbons (Fsp3) is 0.185. The molecule has 0 aliphatic rings. The summed E-state index contributed by atoms with van der Waals surface area (Å²) >= 11 is 0. The van der Waals surface area contributed by atoms with Crippen LogP contribution in [0.5, 0.6) is 11.5 Å². The Morgan fingerprint density at radius 1 is 0.848 bits per heavy atom. The summed E-state index contributed by atoms with van der Waals surface area (Å²) in [6.07, 6.45) is 2.79. The average molecular weight is 446 g/mol. The van der Waals surface area contributed by atoms with Crippen molar-refractivity contribution in [1.82, 2.24) is 0 Å². The van der Waals surface area contributed by atoms with E-state index in [4.69, 9.17) is 14.4 Å². The van der Waals surface area contributed by atoms with Gasteiger partial charge in [0.2, 0.25) is 0 Å². The number of rotatable bonds is 10. The van der Waals surface area contributed by atoms with Crippen LogP contribution in [-0.2, 0) is 16.2 Å². The van der Waals surface area contributed by atoms with E-state index < -0.39 is 11.9 Å². The van der Waals surface area contributed by atoms with E-state index in [0.717, 1.165) is 24.0 Å². The Morgan fingerprint density at radius 3 is 2.12 bits per heavy atom. The van der Waals surface area contributed by atoms with Gasteiger partial charge in [-0.1, -0.05) is 36.4 Å². The summed E-state index contributed by atoms with van der Waals surface area (Å²) in [7, 11) is 0. The van der Waals surface area contributed by atoms with Crippen LogP contribution in [0.4, 0.5) is 0 Å². The van der Waals surface area contributed by atoms with Crippen molar-refractivity contribution in [2.45, 2.75) is 26.7 Å². The second-order valence-corrected chi connectivity index (χ2v) is 7.46. The van der Waals surface area contributed by atoms with E-state index in [1.54, 1.807) is 49.4 Å². The zero-order valence-corrected chi connectivity index (χ0v) is 18.7. The van der Waals surface area contributed by atoms with Gasteiger partial charge in [-0.25, -0.2) is 9.59 Å². The Bertz CT molecular complexity index is 1100. The molecule has 0 N–H and O–H groups in total. The summed E-state index contributed by atoms with van der Waals surface area (Å²) in [6, 6.07) is 19.2. The molecule has 170 valence electrons. The van der Waals surface area contributed by atoms with Gasteiger partial charge < -0.3 is 14.4 Å². The van der Waals surface area contributed by atoms with Gasteiger partial charge in [-0.3, -0.25) is 0 Å². The first-order valence-electron chi connectivity index (χ1n) is 10.6. The van der Waals surface area contributed by atoms with Crippen molar-refractivity contribution in [1.29, 1.82) is 0 Å². The number of benzene rings is 3. The molecule has 3 aromatic carbocycles. The lowest BCUT2D eigenvalue weighted by Gasteiger charge is -2.10. The SMILES string of the molecule is C=COOCCCc1ccc(C(=O)Oc2ccc(OC(=O)c3ccc(C)cc3)c(C)c2)cc1. The fourth-order valence-electron chi connectivity index (χ4n) is 3.05. The minimum absolute atomic E-state index is 0.371. The summed E-state index contributed by atoms with van der Waals surface area (Å²) in [4.78, 5) is 34.3. The molecule has 0 aromatic heterocycles. The molecule has 0 aliphatic heterocycles. The van der Waals surface area contributed by atoms with E-state index in [-0.39, 0.29) is 0 Å². The van der Waals surface area contributed by atoms with Gasteiger partial charge in [0.1, 0.15) is 17.8 Å². The normalized spacial score (nSPS) is 10.4. The fourth-order valence-corrected chi connectivity index (χ4v) is 3.05. The van der Waals surface area contributed by atoms with Crippen molar-refractivity contribution in [3.8, 4) is 11.5 Å². The number of aryl methyl sites for hydroxylation is 3. The smallest absolute Gasteiger partial charge is 0.343 e. The molecule has 0 bridgehead atoms. The van der Waals surface area contributed by atoms with Gasteiger partial charge in [0.05, 0.1) is 17.7 Å². The van der Waals surface area contributed by atoms with Crippen LogP contribution in [0.3, 0.4) is 0 Å². The number of carbonyl (C=O) groups is 2. The minimum Gasteiger partial charge on any atom is -0.423 e. The Hall–Kier alpha value is -3.90. The van der Waals surface area contributed by atoms with E-state index >= 15 is 0 Å². The van der Waals surface area contributed by atoms with Gasteiger partial charge in [-0.15, -0.1) is 0 Å². The molecule has 33 heavy (non-hydrogen) atoms. The second kappa shape index (κ2) is 11.6. The molecule has 0 saturated heterocycles. The third-order valence-corrected chi connectivity index (χ3v) is 4.87. The molecule has 6 nitrogen and oxygen atoms in total. The highest BCUT2D eigenvalue weighted by atomic mass is 17.2. The number of hydrogen-bond acceptors (Lipinski definition) is 6. The third-order valence-electron chi connectivity index (χ3n) is 4.87. The average Bonchev–Trinajstić information content (AvgIpc) is 2.81. The quantitative estimate of drug-likeness (QED) is 0.0984. The molecule has 0 amide bonds. The monoisotopic (exact) mass is 446 g/mol. The van der Waals surface area contributed by atoms with E-state index in [2.05, 4.69) is 11.5 Å². The molecule has 0 heterocycles. The van der Waals surface area contributed by atoms with Crippen molar-refractivity contribution < 1.29 is 28.8 Å². The van der Waals surface area contributed by atoms with Crippen LogP contribution in [0, 0.1) is 13.8 Å². The highest BCUT2D eigenvalue weighted by Gasteiger charge is 2.13. The molecule has 6 heteroatoms. The van der Waals surface area contributed by atoms with Gasteiger partial charge in [0.25, 0.3) is 0 Å². The zero-order chi connectivity index (χ0) is 23.6. The molecule has 0 saturated carbocycles. The molecular formula is C27H26O6. The number of ether oxygens (including phenoxy) is 2. The zero-order valence-electron chi connectivity index (χ0n) is 18.7. The highest BCUT2D eigenvalue weighted by molar-refractivity contribution is 5.92. The van der Waals surface area contributed by atoms with Crippen LogP contribution in [-0.4, -0.2) is 18.5 Å². The first-order valence-corrected chi connectivity index (χ1v) is 10.6. The molecule has 0 radical (unpaired) electrons. The van der Waals surface area contributed by atoms with Crippen molar-refractivity contribution in [2.75, 3.05) is 6.61 Å².